The molecule has 1 heterocycles. The van der Waals surface area contributed by atoms with E-state index in [1.807, 2.05) is 0 Å². The molecule has 0 aliphatic carbocycles. The van der Waals surface area contributed by atoms with E-state index in [4.69, 9.17) is 17.3 Å². The molecule has 0 unspecified atom stereocenters. The topological polar surface area (TPSA) is 70.1 Å². The molecule has 0 aliphatic rings. The van der Waals surface area contributed by atoms with E-state index in [1.165, 1.54) is 18.0 Å². The van der Waals surface area contributed by atoms with Gasteiger partial charge in [-0.05, 0) is 0 Å². The van der Waals surface area contributed by atoms with Crippen molar-refractivity contribution in [3.63, 3.8) is 0 Å². The van der Waals surface area contributed by atoms with Crippen LogP contribution in [0.15, 0.2) is 12.4 Å². The predicted octanol–water partition coefficient (Wildman–Crippen LogP) is 0.0368. The van der Waals surface area contributed by atoms with Crippen LogP contribution in [0.4, 0.5) is 0 Å². The van der Waals surface area contributed by atoms with Crippen LogP contribution in [-0.2, 0) is 16.1 Å². The number of nitrogens with two attached hydrogens (primary N) is 1. The van der Waals surface area contributed by atoms with Gasteiger partial charge in [-0.3, -0.25) is 9.48 Å². The quantitative estimate of drug-likeness (QED) is 0.704. The molecule has 13 heavy (non-hydrogen) atoms. The van der Waals surface area contributed by atoms with Gasteiger partial charge in [0.05, 0.1) is 24.9 Å². The molecule has 0 saturated carbocycles. The minimum Gasteiger partial charge on any atom is -0.468 e. The molecule has 1 aromatic heterocycles. The molecule has 0 spiro atoms. The van der Waals surface area contributed by atoms with Crippen LogP contribution >= 0.6 is 11.6 Å². The Morgan fingerprint density at radius 2 is 2.62 bits per heavy atom. The maximum atomic E-state index is 10.9. The Morgan fingerprint density at radius 1 is 1.92 bits per heavy atom. The standard InChI is InChI=1S/C7H10ClN3O2/c1-13-7(12)6(9)4-11-3-5(8)2-10-11/h2-3,6H,4,9H2,1H3/t6-/m1/s1. The molecule has 1 aromatic rings. The number of halogens is 1. The van der Waals surface area contributed by atoms with Gasteiger partial charge in [0, 0.05) is 6.20 Å². The maximum Gasteiger partial charge on any atom is 0.324 e. The summed E-state index contributed by atoms with van der Waals surface area (Å²) in [5, 5.41) is 4.38. The average molecular weight is 204 g/mol. The molecule has 0 fully saturated rings. The molecule has 1 atom stereocenters. The molecule has 2 N–H and O–H groups in total. The first kappa shape index (κ1) is 10.0. The van der Waals surface area contributed by atoms with Gasteiger partial charge in [-0.2, -0.15) is 5.10 Å². The summed E-state index contributed by atoms with van der Waals surface area (Å²) in [5.41, 5.74) is 5.49. The van der Waals surface area contributed by atoms with Crippen molar-refractivity contribution in [1.29, 1.82) is 0 Å². The zero-order valence-electron chi connectivity index (χ0n) is 7.11. The Bertz CT molecular complexity index is 300. The van der Waals surface area contributed by atoms with Crippen LogP contribution in [0.1, 0.15) is 0 Å². The molecular weight excluding hydrogens is 194 g/mol. The Balaban J connectivity index is 2.54. The third-order valence-electron chi connectivity index (χ3n) is 1.49. The van der Waals surface area contributed by atoms with Gasteiger partial charge in [0.1, 0.15) is 6.04 Å². The van der Waals surface area contributed by atoms with Crippen molar-refractivity contribution in [2.45, 2.75) is 12.6 Å². The van der Waals surface area contributed by atoms with Crippen molar-refractivity contribution in [3.8, 4) is 0 Å². The van der Waals surface area contributed by atoms with E-state index in [0.717, 1.165) is 0 Å². The van der Waals surface area contributed by atoms with E-state index in [-0.39, 0.29) is 6.54 Å². The number of carbonyl (C=O) groups excluding carboxylic acids is 1. The Hall–Kier alpha value is -1.07. The van der Waals surface area contributed by atoms with Crippen LogP contribution in [0.5, 0.6) is 0 Å². The number of hydrogen-bond donors (Lipinski definition) is 1. The molecule has 0 saturated heterocycles. The Labute approximate surface area is 80.4 Å². The summed E-state index contributed by atoms with van der Waals surface area (Å²) in [7, 11) is 1.29. The molecule has 0 bridgehead atoms. The highest BCUT2D eigenvalue weighted by Crippen LogP contribution is 2.04. The van der Waals surface area contributed by atoms with Crippen LogP contribution in [-0.4, -0.2) is 28.9 Å². The van der Waals surface area contributed by atoms with Gasteiger partial charge in [0.15, 0.2) is 0 Å². The van der Waals surface area contributed by atoms with E-state index < -0.39 is 12.0 Å². The van der Waals surface area contributed by atoms with E-state index in [1.54, 1.807) is 6.20 Å². The fourth-order valence-electron chi connectivity index (χ4n) is 0.866. The number of ether oxygens (including phenoxy) is 1. The summed E-state index contributed by atoms with van der Waals surface area (Å²) >= 11 is 5.62. The summed E-state index contributed by atoms with van der Waals surface area (Å²) < 4.78 is 5.94. The van der Waals surface area contributed by atoms with E-state index in [0.29, 0.717) is 5.02 Å². The zero-order valence-corrected chi connectivity index (χ0v) is 7.86. The van der Waals surface area contributed by atoms with E-state index in [2.05, 4.69) is 9.84 Å². The number of esters is 1. The summed E-state index contributed by atoms with van der Waals surface area (Å²) in [6.07, 6.45) is 3.07. The summed E-state index contributed by atoms with van der Waals surface area (Å²) in [6.45, 7) is 0.263. The number of carbonyl (C=O) groups is 1. The van der Waals surface area contributed by atoms with Gasteiger partial charge in [-0.15, -0.1) is 0 Å². The van der Waals surface area contributed by atoms with Gasteiger partial charge in [-0.1, -0.05) is 11.6 Å². The number of hydrogen-bond acceptors (Lipinski definition) is 4. The van der Waals surface area contributed by atoms with Gasteiger partial charge in [-0.25, -0.2) is 0 Å². The SMILES string of the molecule is COC(=O)[C@H](N)Cn1cc(Cl)cn1. The molecular formula is C7H10ClN3O2. The normalized spacial score (nSPS) is 12.5. The highest BCUT2D eigenvalue weighted by atomic mass is 35.5. The summed E-state index contributed by atoms with van der Waals surface area (Å²) in [6, 6.07) is -0.707. The first-order valence-electron chi connectivity index (χ1n) is 3.65. The molecule has 1 rings (SSSR count). The third-order valence-corrected chi connectivity index (χ3v) is 1.68. The highest BCUT2D eigenvalue weighted by molar-refractivity contribution is 6.30. The molecule has 0 aliphatic heterocycles. The molecule has 5 nitrogen and oxygen atoms in total. The molecule has 0 aromatic carbocycles. The lowest BCUT2D eigenvalue weighted by molar-refractivity contribution is -0.142. The van der Waals surface area contributed by atoms with Crippen LogP contribution in [0.3, 0.4) is 0 Å². The average Bonchev–Trinajstić information content (AvgIpc) is 2.49. The zero-order chi connectivity index (χ0) is 9.84. The number of methoxy groups -OCH3 is 1. The predicted molar refractivity (Wildman–Crippen MR) is 47.2 cm³/mol. The van der Waals surface area contributed by atoms with Crippen molar-refractivity contribution in [1.82, 2.24) is 9.78 Å². The van der Waals surface area contributed by atoms with E-state index >= 15 is 0 Å². The molecule has 72 valence electrons. The van der Waals surface area contributed by atoms with Crippen molar-refractivity contribution in [2.75, 3.05) is 7.11 Å². The smallest absolute Gasteiger partial charge is 0.324 e. The minimum absolute atomic E-state index is 0.263. The second-order valence-electron chi connectivity index (χ2n) is 2.51. The molecule has 6 heteroatoms. The van der Waals surface area contributed by atoms with Crippen LogP contribution < -0.4 is 5.73 Å². The number of nitrogens with zero attached hydrogens (tertiary/aromatic N) is 2. The maximum absolute atomic E-state index is 10.9. The van der Waals surface area contributed by atoms with Gasteiger partial charge < -0.3 is 10.5 Å². The highest BCUT2D eigenvalue weighted by Gasteiger charge is 2.14. The van der Waals surface area contributed by atoms with Crippen molar-refractivity contribution in [3.05, 3.63) is 17.4 Å². The lowest BCUT2D eigenvalue weighted by Gasteiger charge is -2.08. The van der Waals surface area contributed by atoms with Crippen LogP contribution in [0, 0.1) is 0 Å². The van der Waals surface area contributed by atoms with Crippen molar-refractivity contribution in [2.24, 2.45) is 5.73 Å². The monoisotopic (exact) mass is 203 g/mol. The third kappa shape index (κ3) is 2.71. The van der Waals surface area contributed by atoms with Gasteiger partial charge in [0.2, 0.25) is 0 Å². The summed E-state index contributed by atoms with van der Waals surface area (Å²) in [5.74, 6) is -0.466. The Kier molecular flexibility index (Phi) is 3.27. The van der Waals surface area contributed by atoms with E-state index in [9.17, 15) is 4.79 Å². The van der Waals surface area contributed by atoms with Crippen LogP contribution in [0.2, 0.25) is 5.02 Å². The number of rotatable bonds is 3. The van der Waals surface area contributed by atoms with Crippen molar-refractivity contribution < 1.29 is 9.53 Å². The Morgan fingerprint density at radius 3 is 3.08 bits per heavy atom. The second-order valence-corrected chi connectivity index (χ2v) is 2.95. The first-order valence-corrected chi connectivity index (χ1v) is 4.02. The largest absolute Gasteiger partial charge is 0.468 e. The molecule has 0 amide bonds. The second kappa shape index (κ2) is 4.25. The lowest BCUT2D eigenvalue weighted by atomic mass is 10.3. The fourth-order valence-corrected chi connectivity index (χ4v) is 1.02. The van der Waals surface area contributed by atoms with Gasteiger partial charge in [0.25, 0.3) is 0 Å². The first-order chi connectivity index (χ1) is 6.13. The van der Waals surface area contributed by atoms with Crippen LogP contribution in [0.25, 0.3) is 0 Å². The minimum atomic E-state index is -0.707. The van der Waals surface area contributed by atoms with Gasteiger partial charge >= 0.3 is 5.97 Å². The molecule has 0 radical (unpaired) electrons. The lowest BCUT2D eigenvalue weighted by Crippen LogP contribution is -2.35. The summed E-state index contributed by atoms with van der Waals surface area (Å²) in [4.78, 5) is 10.9. The number of aromatic nitrogens is 2. The van der Waals surface area contributed by atoms with Crippen molar-refractivity contribution >= 4 is 17.6 Å². The fraction of sp³-hybridized carbons (Fsp3) is 0.429.